The molecule has 0 aliphatic heterocycles. The van der Waals surface area contributed by atoms with Crippen LogP contribution in [0.3, 0.4) is 0 Å². The van der Waals surface area contributed by atoms with E-state index in [9.17, 15) is 4.79 Å². The predicted molar refractivity (Wildman–Crippen MR) is 93.4 cm³/mol. The second-order valence-electron chi connectivity index (χ2n) is 5.59. The number of carbonyl (C=O) groups excluding carboxylic acids is 1. The number of hydrogen-bond acceptors (Lipinski definition) is 1. The lowest BCUT2D eigenvalue weighted by atomic mass is 9.97. The predicted octanol–water partition coefficient (Wildman–Crippen LogP) is 4.51. The van der Waals surface area contributed by atoms with Crippen LogP contribution in [0.5, 0.6) is 0 Å². The summed E-state index contributed by atoms with van der Waals surface area (Å²) in [6, 6.07) is 27.5. The van der Waals surface area contributed by atoms with Gasteiger partial charge in [0.1, 0.15) is 0 Å². The van der Waals surface area contributed by atoms with Crippen LogP contribution >= 0.6 is 0 Å². The standard InChI is InChI=1S/C21H19NO/c1-16-12-14-18(15-13-16)20(17-8-4-2-5-9-17)22-21(23)19-10-6-3-7-11-19/h2-15,20H,1H3,(H,22,23)/t20-/m1/s1. The van der Waals surface area contributed by atoms with Gasteiger partial charge < -0.3 is 5.32 Å². The van der Waals surface area contributed by atoms with Crippen LogP contribution in [0.15, 0.2) is 84.9 Å². The molecule has 3 aromatic carbocycles. The Hall–Kier alpha value is -2.87. The summed E-state index contributed by atoms with van der Waals surface area (Å²) >= 11 is 0. The molecule has 0 bridgehead atoms. The Kier molecular flexibility index (Phi) is 4.53. The Bertz CT molecular complexity index is 764. The molecule has 0 spiro atoms. The van der Waals surface area contributed by atoms with Gasteiger partial charge in [-0.05, 0) is 30.2 Å². The summed E-state index contributed by atoms with van der Waals surface area (Å²) in [7, 11) is 0. The third kappa shape index (κ3) is 3.67. The third-order valence-electron chi connectivity index (χ3n) is 3.85. The largest absolute Gasteiger partial charge is 0.341 e. The molecule has 23 heavy (non-hydrogen) atoms. The van der Waals surface area contributed by atoms with Crippen LogP contribution in [-0.2, 0) is 0 Å². The van der Waals surface area contributed by atoms with Crippen molar-refractivity contribution in [3.63, 3.8) is 0 Å². The molecule has 0 saturated carbocycles. The van der Waals surface area contributed by atoms with E-state index in [4.69, 9.17) is 0 Å². The molecule has 0 aromatic heterocycles. The maximum Gasteiger partial charge on any atom is 0.252 e. The Morgan fingerprint density at radius 2 is 1.26 bits per heavy atom. The van der Waals surface area contributed by atoms with Crippen molar-refractivity contribution in [1.29, 1.82) is 0 Å². The third-order valence-corrected chi connectivity index (χ3v) is 3.85. The smallest absolute Gasteiger partial charge is 0.252 e. The fourth-order valence-electron chi connectivity index (χ4n) is 2.57. The minimum atomic E-state index is -0.162. The van der Waals surface area contributed by atoms with Gasteiger partial charge in [0.25, 0.3) is 5.91 Å². The van der Waals surface area contributed by atoms with Gasteiger partial charge in [0.05, 0.1) is 6.04 Å². The van der Waals surface area contributed by atoms with Crippen molar-refractivity contribution in [2.24, 2.45) is 0 Å². The molecule has 3 aromatic rings. The summed E-state index contributed by atoms with van der Waals surface area (Å²) < 4.78 is 0. The van der Waals surface area contributed by atoms with E-state index in [-0.39, 0.29) is 11.9 Å². The minimum Gasteiger partial charge on any atom is -0.341 e. The van der Waals surface area contributed by atoms with Gasteiger partial charge in [-0.1, -0.05) is 78.4 Å². The molecule has 2 nitrogen and oxygen atoms in total. The first-order chi connectivity index (χ1) is 11.2. The molecule has 3 rings (SSSR count). The lowest BCUT2D eigenvalue weighted by molar-refractivity contribution is 0.0943. The zero-order valence-electron chi connectivity index (χ0n) is 13.1. The molecule has 0 saturated heterocycles. The fourth-order valence-corrected chi connectivity index (χ4v) is 2.57. The van der Waals surface area contributed by atoms with E-state index in [0.717, 1.165) is 11.1 Å². The molecule has 0 aliphatic carbocycles. The Morgan fingerprint density at radius 3 is 1.87 bits per heavy atom. The summed E-state index contributed by atoms with van der Waals surface area (Å²) in [5, 5.41) is 3.15. The van der Waals surface area contributed by atoms with Gasteiger partial charge in [-0.25, -0.2) is 0 Å². The van der Waals surface area contributed by atoms with Crippen LogP contribution in [0, 0.1) is 6.92 Å². The highest BCUT2D eigenvalue weighted by Gasteiger charge is 2.17. The lowest BCUT2D eigenvalue weighted by Gasteiger charge is -2.20. The van der Waals surface area contributed by atoms with E-state index in [1.54, 1.807) is 0 Å². The van der Waals surface area contributed by atoms with Crippen molar-refractivity contribution in [3.05, 3.63) is 107 Å². The minimum absolute atomic E-state index is 0.0694. The van der Waals surface area contributed by atoms with Gasteiger partial charge in [-0.3, -0.25) is 4.79 Å². The average molecular weight is 301 g/mol. The van der Waals surface area contributed by atoms with E-state index in [2.05, 4.69) is 36.5 Å². The second kappa shape index (κ2) is 6.93. The number of amides is 1. The van der Waals surface area contributed by atoms with Crippen LogP contribution < -0.4 is 5.32 Å². The van der Waals surface area contributed by atoms with Crippen LogP contribution in [0.1, 0.15) is 33.1 Å². The normalized spacial score (nSPS) is 11.7. The van der Waals surface area contributed by atoms with Crippen molar-refractivity contribution < 1.29 is 4.79 Å². The van der Waals surface area contributed by atoms with Crippen molar-refractivity contribution in [3.8, 4) is 0 Å². The van der Waals surface area contributed by atoms with Crippen molar-refractivity contribution in [1.82, 2.24) is 5.32 Å². The summed E-state index contributed by atoms with van der Waals surface area (Å²) in [6.07, 6.45) is 0. The van der Waals surface area contributed by atoms with E-state index >= 15 is 0 Å². The van der Waals surface area contributed by atoms with Crippen LogP contribution in [-0.4, -0.2) is 5.91 Å². The van der Waals surface area contributed by atoms with Crippen molar-refractivity contribution >= 4 is 5.91 Å². The van der Waals surface area contributed by atoms with Gasteiger partial charge in [0.2, 0.25) is 0 Å². The van der Waals surface area contributed by atoms with Crippen molar-refractivity contribution in [2.45, 2.75) is 13.0 Å². The van der Waals surface area contributed by atoms with Gasteiger partial charge in [-0.2, -0.15) is 0 Å². The monoisotopic (exact) mass is 301 g/mol. The molecule has 1 amide bonds. The number of carbonyl (C=O) groups is 1. The van der Waals surface area contributed by atoms with Crippen LogP contribution in [0.25, 0.3) is 0 Å². The van der Waals surface area contributed by atoms with Crippen LogP contribution in [0.2, 0.25) is 0 Å². The fraction of sp³-hybridized carbons (Fsp3) is 0.0952. The summed E-state index contributed by atoms with van der Waals surface area (Å²) in [4.78, 5) is 12.6. The first kappa shape index (κ1) is 15.0. The first-order valence-electron chi connectivity index (χ1n) is 7.71. The van der Waals surface area contributed by atoms with Gasteiger partial charge >= 0.3 is 0 Å². The number of benzene rings is 3. The zero-order valence-corrected chi connectivity index (χ0v) is 13.1. The number of hydrogen-bond donors (Lipinski definition) is 1. The topological polar surface area (TPSA) is 29.1 Å². The maximum atomic E-state index is 12.6. The zero-order chi connectivity index (χ0) is 16.1. The highest BCUT2D eigenvalue weighted by atomic mass is 16.1. The molecular weight excluding hydrogens is 282 g/mol. The summed E-state index contributed by atoms with van der Waals surface area (Å²) in [5.74, 6) is -0.0694. The molecular formula is C21H19NO. The molecule has 0 unspecified atom stereocenters. The molecule has 0 fully saturated rings. The molecule has 1 N–H and O–H groups in total. The van der Waals surface area contributed by atoms with Gasteiger partial charge in [-0.15, -0.1) is 0 Å². The quantitative estimate of drug-likeness (QED) is 0.754. The molecule has 0 heterocycles. The number of aryl methyl sites for hydroxylation is 1. The van der Waals surface area contributed by atoms with Gasteiger partial charge in [0.15, 0.2) is 0 Å². The van der Waals surface area contributed by atoms with Gasteiger partial charge in [0, 0.05) is 5.56 Å². The highest BCUT2D eigenvalue weighted by Crippen LogP contribution is 2.23. The van der Waals surface area contributed by atoms with E-state index in [1.165, 1.54) is 5.56 Å². The summed E-state index contributed by atoms with van der Waals surface area (Å²) in [5.41, 5.74) is 4.02. The molecule has 0 aliphatic rings. The second-order valence-corrected chi connectivity index (χ2v) is 5.59. The van der Waals surface area contributed by atoms with Crippen LogP contribution in [0.4, 0.5) is 0 Å². The summed E-state index contributed by atoms with van der Waals surface area (Å²) in [6.45, 7) is 2.06. The number of rotatable bonds is 4. The Balaban J connectivity index is 1.93. The molecule has 114 valence electrons. The molecule has 2 heteroatoms. The average Bonchev–Trinajstić information content (AvgIpc) is 2.62. The van der Waals surface area contributed by atoms with E-state index in [0.29, 0.717) is 5.56 Å². The van der Waals surface area contributed by atoms with E-state index < -0.39 is 0 Å². The first-order valence-corrected chi connectivity index (χ1v) is 7.71. The SMILES string of the molecule is Cc1ccc([C@H](NC(=O)c2ccccc2)c2ccccc2)cc1. The molecule has 1 atom stereocenters. The lowest BCUT2D eigenvalue weighted by Crippen LogP contribution is -2.29. The number of nitrogens with one attached hydrogen (secondary N) is 1. The molecule has 0 radical (unpaired) electrons. The Labute approximate surface area is 136 Å². The maximum absolute atomic E-state index is 12.6. The Morgan fingerprint density at radius 1 is 0.739 bits per heavy atom. The van der Waals surface area contributed by atoms with E-state index in [1.807, 2.05) is 60.7 Å². The van der Waals surface area contributed by atoms with Crippen molar-refractivity contribution in [2.75, 3.05) is 0 Å². The highest BCUT2D eigenvalue weighted by molar-refractivity contribution is 5.94.